The summed E-state index contributed by atoms with van der Waals surface area (Å²) in [7, 11) is 1.66. The minimum Gasteiger partial charge on any atom is -0.497 e. The van der Waals surface area contributed by atoms with E-state index in [0.29, 0.717) is 54.1 Å². The second-order valence-corrected chi connectivity index (χ2v) is 10.3. The normalized spacial score (nSPS) is 11.6. The van der Waals surface area contributed by atoms with Crippen LogP contribution in [0.1, 0.15) is 44.6 Å². The van der Waals surface area contributed by atoms with Gasteiger partial charge in [0.05, 0.1) is 24.9 Å². The average Bonchev–Trinajstić information content (AvgIpc) is 3.16. The Balaban J connectivity index is 1.74. The summed E-state index contributed by atoms with van der Waals surface area (Å²) < 4.78 is 13.5. The Morgan fingerprint density at radius 1 is 0.946 bits per heavy atom. The molecule has 0 saturated carbocycles. The lowest BCUT2D eigenvalue weighted by molar-refractivity contribution is -0.351. The Labute approximate surface area is 229 Å². The molecule has 0 unspecified atom stereocenters. The molecule has 0 aliphatic carbocycles. The number of aryl methyl sites for hydroxylation is 1. The van der Waals surface area contributed by atoms with Gasteiger partial charge in [-0.05, 0) is 63.1 Å². The van der Waals surface area contributed by atoms with Crippen molar-refractivity contribution in [2.75, 3.05) is 20.4 Å². The SMILES string of the molecule is CCc1nn(CCNCOOC(C)(C)C)c(CNCc2ccc(OC)cc2)c1Oc1cc(Cl)cc(Cl)c1. The first kappa shape index (κ1) is 29.2. The molecule has 1 heterocycles. The van der Waals surface area contributed by atoms with E-state index < -0.39 is 0 Å². The molecule has 2 aromatic carbocycles. The smallest absolute Gasteiger partial charge is 0.173 e. The lowest BCUT2D eigenvalue weighted by atomic mass is 10.2. The van der Waals surface area contributed by atoms with Crippen LogP contribution in [0.4, 0.5) is 0 Å². The van der Waals surface area contributed by atoms with E-state index in [4.69, 9.17) is 47.5 Å². The predicted octanol–water partition coefficient (Wildman–Crippen LogP) is 6.14. The summed E-state index contributed by atoms with van der Waals surface area (Å²) in [5, 5.41) is 12.6. The zero-order valence-corrected chi connectivity index (χ0v) is 23.6. The molecule has 0 fully saturated rings. The Morgan fingerprint density at radius 3 is 2.27 bits per heavy atom. The highest BCUT2D eigenvalue weighted by Gasteiger charge is 2.19. The van der Waals surface area contributed by atoms with Crippen molar-refractivity contribution in [3.05, 3.63) is 69.5 Å². The van der Waals surface area contributed by atoms with Gasteiger partial charge in [-0.15, -0.1) is 0 Å². The number of nitrogens with zero attached hydrogens (tertiary/aromatic N) is 2. The Hall–Kier alpha value is -2.33. The fourth-order valence-electron chi connectivity index (χ4n) is 3.52. The first-order valence-electron chi connectivity index (χ1n) is 12.3. The van der Waals surface area contributed by atoms with Crippen LogP contribution in [-0.2, 0) is 35.8 Å². The summed E-state index contributed by atoms with van der Waals surface area (Å²) in [5.74, 6) is 2.10. The van der Waals surface area contributed by atoms with Crippen molar-refractivity contribution < 1.29 is 19.2 Å². The molecule has 0 radical (unpaired) electrons. The van der Waals surface area contributed by atoms with Gasteiger partial charge in [0.1, 0.15) is 23.9 Å². The van der Waals surface area contributed by atoms with Crippen molar-refractivity contribution in [3.63, 3.8) is 0 Å². The Bertz CT molecular complexity index is 1110. The molecule has 3 aromatic rings. The number of hydrogen-bond acceptors (Lipinski definition) is 7. The lowest BCUT2D eigenvalue weighted by Gasteiger charge is -2.17. The third-order valence-corrected chi connectivity index (χ3v) is 5.66. The van der Waals surface area contributed by atoms with Gasteiger partial charge in [0.2, 0.25) is 0 Å². The Morgan fingerprint density at radius 2 is 1.65 bits per heavy atom. The molecule has 37 heavy (non-hydrogen) atoms. The number of nitrogens with one attached hydrogen (secondary N) is 2. The fraction of sp³-hybridized carbons (Fsp3) is 0.444. The second-order valence-electron chi connectivity index (χ2n) is 9.42. The van der Waals surface area contributed by atoms with Crippen molar-refractivity contribution in [2.24, 2.45) is 0 Å². The van der Waals surface area contributed by atoms with Gasteiger partial charge in [0.25, 0.3) is 0 Å². The van der Waals surface area contributed by atoms with Crippen molar-refractivity contribution in [1.29, 1.82) is 0 Å². The molecular weight excluding hydrogens is 515 g/mol. The Kier molecular flexibility index (Phi) is 11.1. The highest BCUT2D eigenvalue weighted by Crippen LogP contribution is 2.33. The highest BCUT2D eigenvalue weighted by atomic mass is 35.5. The molecule has 2 N–H and O–H groups in total. The number of aromatic nitrogens is 2. The third-order valence-electron chi connectivity index (χ3n) is 5.22. The maximum atomic E-state index is 6.32. The van der Waals surface area contributed by atoms with E-state index in [1.807, 2.05) is 49.7 Å². The zero-order chi connectivity index (χ0) is 26.8. The van der Waals surface area contributed by atoms with Gasteiger partial charge in [-0.2, -0.15) is 5.10 Å². The van der Waals surface area contributed by atoms with Gasteiger partial charge >= 0.3 is 0 Å². The molecule has 0 spiro atoms. The first-order valence-corrected chi connectivity index (χ1v) is 13.0. The van der Waals surface area contributed by atoms with Crippen LogP contribution in [-0.4, -0.2) is 35.8 Å². The van der Waals surface area contributed by atoms with Gasteiger partial charge in [-0.1, -0.05) is 42.3 Å². The van der Waals surface area contributed by atoms with Crippen LogP contribution < -0.4 is 20.1 Å². The monoisotopic (exact) mass is 550 g/mol. The van der Waals surface area contributed by atoms with E-state index in [2.05, 4.69) is 17.6 Å². The fourth-order valence-corrected chi connectivity index (χ4v) is 4.03. The van der Waals surface area contributed by atoms with E-state index in [9.17, 15) is 0 Å². The molecule has 0 saturated heterocycles. The molecule has 202 valence electrons. The largest absolute Gasteiger partial charge is 0.497 e. The standard InChI is InChI=1S/C27H36Cl2N4O4/c1-6-24-26(36-23-14-20(28)13-21(29)15-23)25(17-31-16-19-7-9-22(34-5)10-8-19)33(32-24)12-11-30-18-35-37-27(2,3)4/h7-10,13-15,30-31H,6,11-12,16-18H2,1-5H3. The number of halogens is 2. The molecular formula is C27H36Cl2N4O4. The summed E-state index contributed by atoms with van der Waals surface area (Å²) in [6.07, 6.45) is 0.706. The number of methoxy groups -OCH3 is 1. The molecule has 0 atom stereocenters. The summed E-state index contributed by atoms with van der Waals surface area (Å²) >= 11 is 12.4. The molecule has 0 aliphatic heterocycles. The first-order chi connectivity index (χ1) is 17.7. The minimum atomic E-state index is -0.363. The van der Waals surface area contributed by atoms with Crippen molar-refractivity contribution in [2.45, 2.75) is 59.4 Å². The van der Waals surface area contributed by atoms with Crippen LogP contribution >= 0.6 is 23.2 Å². The van der Waals surface area contributed by atoms with E-state index in [-0.39, 0.29) is 12.3 Å². The summed E-state index contributed by atoms with van der Waals surface area (Å²) in [6.45, 7) is 10.6. The minimum absolute atomic E-state index is 0.272. The summed E-state index contributed by atoms with van der Waals surface area (Å²) in [6, 6.07) is 13.1. The van der Waals surface area contributed by atoms with Crippen LogP contribution in [0.5, 0.6) is 17.2 Å². The van der Waals surface area contributed by atoms with Crippen LogP contribution in [0.3, 0.4) is 0 Å². The summed E-state index contributed by atoms with van der Waals surface area (Å²) in [5.41, 5.74) is 2.56. The van der Waals surface area contributed by atoms with Crippen molar-refractivity contribution >= 4 is 23.2 Å². The van der Waals surface area contributed by atoms with Crippen LogP contribution in [0, 0.1) is 0 Å². The van der Waals surface area contributed by atoms with Crippen LogP contribution in [0.2, 0.25) is 10.0 Å². The molecule has 10 heteroatoms. The molecule has 3 rings (SSSR count). The van der Waals surface area contributed by atoms with Crippen LogP contribution in [0.25, 0.3) is 0 Å². The van der Waals surface area contributed by atoms with Crippen molar-refractivity contribution in [1.82, 2.24) is 20.4 Å². The number of rotatable bonds is 14. The quantitative estimate of drug-likeness (QED) is 0.108. The van der Waals surface area contributed by atoms with Gasteiger partial charge in [0, 0.05) is 29.7 Å². The maximum Gasteiger partial charge on any atom is 0.173 e. The van der Waals surface area contributed by atoms with Gasteiger partial charge < -0.3 is 14.8 Å². The molecule has 0 bridgehead atoms. The zero-order valence-electron chi connectivity index (χ0n) is 22.1. The molecule has 0 aliphatic rings. The molecule has 0 amide bonds. The van der Waals surface area contributed by atoms with E-state index in [1.54, 1.807) is 25.3 Å². The molecule has 1 aromatic heterocycles. The second kappa shape index (κ2) is 14.0. The average molecular weight is 552 g/mol. The molecule has 8 nitrogen and oxygen atoms in total. The number of hydrogen-bond donors (Lipinski definition) is 2. The van der Waals surface area contributed by atoms with Gasteiger partial charge in [0.15, 0.2) is 5.75 Å². The maximum absolute atomic E-state index is 6.32. The van der Waals surface area contributed by atoms with Gasteiger partial charge in [-0.3, -0.25) is 10.00 Å². The third kappa shape index (κ3) is 9.48. The highest BCUT2D eigenvalue weighted by molar-refractivity contribution is 6.34. The van der Waals surface area contributed by atoms with E-state index in [1.165, 1.54) is 0 Å². The lowest BCUT2D eigenvalue weighted by Crippen LogP contribution is -2.28. The number of benzene rings is 2. The van der Waals surface area contributed by atoms with E-state index >= 15 is 0 Å². The van der Waals surface area contributed by atoms with Crippen LogP contribution in [0.15, 0.2) is 42.5 Å². The van der Waals surface area contributed by atoms with Gasteiger partial charge in [-0.25, -0.2) is 9.78 Å². The van der Waals surface area contributed by atoms with Crippen molar-refractivity contribution in [3.8, 4) is 17.2 Å². The summed E-state index contributed by atoms with van der Waals surface area (Å²) in [4.78, 5) is 10.5. The topological polar surface area (TPSA) is 78.8 Å². The number of ether oxygens (including phenoxy) is 2. The predicted molar refractivity (Wildman–Crippen MR) is 146 cm³/mol. The van der Waals surface area contributed by atoms with E-state index in [0.717, 1.165) is 22.7 Å².